The molecule has 0 bridgehead atoms. The molecule has 0 aliphatic carbocycles. The summed E-state index contributed by atoms with van der Waals surface area (Å²) in [5, 5.41) is 0.785. The van der Waals surface area contributed by atoms with Gasteiger partial charge in [-0.3, -0.25) is 9.00 Å². The summed E-state index contributed by atoms with van der Waals surface area (Å²) in [5.74, 6) is -0.540. The van der Waals surface area contributed by atoms with Gasteiger partial charge in [0.05, 0.1) is 21.3 Å². The van der Waals surface area contributed by atoms with Gasteiger partial charge in [0, 0.05) is 28.4 Å². The van der Waals surface area contributed by atoms with E-state index in [1.807, 2.05) is 24.3 Å². The zero-order chi connectivity index (χ0) is 18.7. The number of H-pyrrole nitrogens is 1. The molecular weight excluding hydrogens is 350 g/mol. The van der Waals surface area contributed by atoms with E-state index < -0.39 is 22.9 Å². The normalized spacial score (nSPS) is 13.3. The molecule has 1 heterocycles. The van der Waals surface area contributed by atoms with Gasteiger partial charge in [0.25, 0.3) is 0 Å². The summed E-state index contributed by atoms with van der Waals surface area (Å²) in [7, 11) is -1.29. The standard InChI is InChI=1S/C20H19NO4S/c1-3-26(24)18-11-7-5-9-15(18)20(23)25-13(2)19(22)16-12-21-17-10-6-4-8-14(16)17/h4-13,21H,3H2,1-2H3/t13-,26+/m1/s1. The van der Waals surface area contributed by atoms with Crippen molar-refractivity contribution in [3.8, 4) is 0 Å². The molecule has 1 aromatic heterocycles. The highest BCUT2D eigenvalue weighted by Crippen LogP contribution is 2.21. The lowest BCUT2D eigenvalue weighted by Gasteiger charge is -2.13. The van der Waals surface area contributed by atoms with E-state index in [2.05, 4.69) is 4.98 Å². The fraction of sp³-hybridized carbons (Fsp3) is 0.200. The van der Waals surface area contributed by atoms with Gasteiger partial charge in [0.2, 0.25) is 5.78 Å². The third-order valence-electron chi connectivity index (χ3n) is 4.12. The monoisotopic (exact) mass is 369 g/mol. The lowest BCUT2D eigenvalue weighted by atomic mass is 10.1. The number of para-hydroxylation sites is 1. The highest BCUT2D eigenvalue weighted by Gasteiger charge is 2.24. The molecule has 0 amide bonds. The van der Waals surface area contributed by atoms with Crippen molar-refractivity contribution in [3.05, 3.63) is 65.9 Å². The van der Waals surface area contributed by atoms with Crippen LogP contribution in [0.4, 0.5) is 0 Å². The smallest absolute Gasteiger partial charge is 0.340 e. The first-order valence-corrected chi connectivity index (χ1v) is 9.63. The van der Waals surface area contributed by atoms with Crippen molar-refractivity contribution in [2.24, 2.45) is 0 Å². The maximum absolute atomic E-state index is 12.7. The SMILES string of the molecule is CC[S@](=O)c1ccccc1C(=O)O[C@H](C)C(=O)c1c[nH]c2ccccc12. The van der Waals surface area contributed by atoms with E-state index in [0.29, 0.717) is 16.2 Å². The molecule has 0 saturated carbocycles. The maximum Gasteiger partial charge on any atom is 0.340 e. The third-order valence-corrected chi connectivity index (χ3v) is 5.49. The van der Waals surface area contributed by atoms with E-state index in [1.165, 1.54) is 0 Å². The number of carbonyl (C=O) groups excluding carboxylic acids is 2. The first-order chi connectivity index (χ1) is 12.5. The molecule has 0 fully saturated rings. The number of aromatic amines is 1. The number of nitrogens with one attached hydrogen (secondary N) is 1. The quantitative estimate of drug-likeness (QED) is 0.531. The van der Waals surface area contributed by atoms with Crippen LogP contribution in [0, 0.1) is 0 Å². The van der Waals surface area contributed by atoms with Gasteiger partial charge < -0.3 is 9.72 Å². The maximum atomic E-state index is 12.7. The molecule has 0 aliphatic rings. The first-order valence-electron chi connectivity index (χ1n) is 8.31. The van der Waals surface area contributed by atoms with Crippen LogP contribution < -0.4 is 0 Å². The molecule has 5 nitrogen and oxygen atoms in total. The minimum Gasteiger partial charge on any atom is -0.451 e. The molecule has 2 aromatic carbocycles. The number of ether oxygens (including phenoxy) is 1. The number of Topliss-reactive ketones (excluding diaryl/α,β-unsaturated/α-hetero) is 1. The van der Waals surface area contributed by atoms with Crippen molar-refractivity contribution in [2.75, 3.05) is 5.75 Å². The summed E-state index contributed by atoms with van der Waals surface area (Å²) in [5.41, 5.74) is 1.55. The molecule has 0 spiro atoms. The number of hydrogen-bond acceptors (Lipinski definition) is 4. The zero-order valence-corrected chi connectivity index (χ0v) is 15.3. The largest absolute Gasteiger partial charge is 0.451 e. The van der Waals surface area contributed by atoms with E-state index >= 15 is 0 Å². The van der Waals surface area contributed by atoms with E-state index in [0.717, 1.165) is 10.9 Å². The van der Waals surface area contributed by atoms with Crippen LogP contribution in [0.2, 0.25) is 0 Å². The fourth-order valence-corrected chi connectivity index (χ4v) is 3.70. The molecule has 0 aliphatic heterocycles. The van der Waals surface area contributed by atoms with Crippen molar-refractivity contribution >= 4 is 33.5 Å². The van der Waals surface area contributed by atoms with Crippen molar-refractivity contribution in [2.45, 2.75) is 24.8 Å². The van der Waals surface area contributed by atoms with Crippen LogP contribution in [0.1, 0.15) is 34.6 Å². The molecule has 2 atom stereocenters. The van der Waals surface area contributed by atoms with Gasteiger partial charge in [-0.15, -0.1) is 0 Å². The number of aromatic nitrogens is 1. The molecule has 0 unspecified atom stereocenters. The highest BCUT2D eigenvalue weighted by atomic mass is 32.2. The Bertz CT molecular complexity index is 992. The van der Waals surface area contributed by atoms with Gasteiger partial charge in [0.1, 0.15) is 0 Å². The second-order valence-electron chi connectivity index (χ2n) is 5.79. The third kappa shape index (κ3) is 3.46. The number of ketones is 1. The Kier molecular flexibility index (Phi) is 5.32. The predicted octanol–water partition coefficient (Wildman–Crippen LogP) is 3.72. The Hall–Kier alpha value is -2.73. The van der Waals surface area contributed by atoms with Gasteiger partial charge in [0.15, 0.2) is 6.10 Å². The van der Waals surface area contributed by atoms with Gasteiger partial charge in [-0.25, -0.2) is 4.79 Å². The number of esters is 1. The second kappa shape index (κ2) is 7.66. The Balaban J connectivity index is 1.82. The summed E-state index contributed by atoms with van der Waals surface area (Å²) in [6.07, 6.45) is 0.669. The number of rotatable bonds is 6. The summed E-state index contributed by atoms with van der Waals surface area (Å²) in [6, 6.07) is 14.0. The molecule has 6 heteroatoms. The van der Waals surface area contributed by atoms with Crippen LogP contribution >= 0.6 is 0 Å². The summed E-state index contributed by atoms with van der Waals surface area (Å²) in [6.45, 7) is 3.32. The zero-order valence-electron chi connectivity index (χ0n) is 14.5. The summed E-state index contributed by atoms with van der Waals surface area (Å²) >= 11 is 0. The predicted molar refractivity (Wildman–Crippen MR) is 101 cm³/mol. The number of benzene rings is 2. The van der Waals surface area contributed by atoms with Crippen molar-refractivity contribution in [1.82, 2.24) is 4.98 Å². The van der Waals surface area contributed by atoms with Crippen LogP contribution in [-0.2, 0) is 15.5 Å². The van der Waals surface area contributed by atoms with Crippen molar-refractivity contribution in [3.63, 3.8) is 0 Å². The minimum absolute atomic E-state index is 0.228. The van der Waals surface area contributed by atoms with Crippen molar-refractivity contribution in [1.29, 1.82) is 0 Å². The molecule has 134 valence electrons. The molecule has 3 aromatic rings. The molecule has 0 radical (unpaired) electrons. The summed E-state index contributed by atoms with van der Waals surface area (Å²) < 4.78 is 17.5. The van der Waals surface area contributed by atoms with Crippen LogP contribution in [0.25, 0.3) is 10.9 Å². The molecule has 3 rings (SSSR count). The topological polar surface area (TPSA) is 76.2 Å². The van der Waals surface area contributed by atoms with Crippen LogP contribution in [0.15, 0.2) is 59.6 Å². The van der Waals surface area contributed by atoms with Gasteiger partial charge in [-0.05, 0) is 25.1 Å². The van der Waals surface area contributed by atoms with Gasteiger partial charge >= 0.3 is 5.97 Å². The number of carbonyl (C=O) groups is 2. The van der Waals surface area contributed by atoms with Crippen LogP contribution in [0.3, 0.4) is 0 Å². The highest BCUT2D eigenvalue weighted by molar-refractivity contribution is 7.85. The van der Waals surface area contributed by atoms with E-state index in [4.69, 9.17) is 4.74 Å². The fourth-order valence-electron chi connectivity index (χ4n) is 2.76. The lowest BCUT2D eigenvalue weighted by Crippen LogP contribution is -2.25. The van der Waals surface area contributed by atoms with Crippen molar-refractivity contribution < 1.29 is 18.5 Å². The Morgan fingerprint density at radius 2 is 1.77 bits per heavy atom. The number of fused-ring (bicyclic) bond motifs is 1. The molecule has 0 saturated heterocycles. The van der Waals surface area contributed by atoms with Gasteiger partial charge in [-0.1, -0.05) is 37.3 Å². The van der Waals surface area contributed by atoms with E-state index in [1.54, 1.807) is 44.3 Å². The Morgan fingerprint density at radius 3 is 2.54 bits per heavy atom. The summed E-state index contributed by atoms with van der Waals surface area (Å²) in [4.78, 5) is 28.7. The average molecular weight is 369 g/mol. The van der Waals surface area contributed by atoms with Crippen LogP contribution in [-0.4, -0.2) is 32.8 Å². The lowest BCUT2D eigenvalue weighted by molar-refractivity contribution is 0.0316. The van der Waals surface area contributed by atoms with Gasteiger partial charge in [-0.2, -0.15) is 0 Å². The molecule has 26 heavy (non-hydrogen) atoms. The molecular formula is C20H19NO4S. The van der Waals surface area contributed by atoms with E-state index in [9.17, 15) is 13.8 Å². The minimum atomic E-state index is -1.29. The Morgan fingerprint density at radius 1 is 1.08 bits per heavy atom. The Labute approximate surface area is 153 Å². The van der Waals surface area contributed by atoms with Crippen LogP contribution in [0.5, 0.6) is 0 Å². The average Bonchev–Trinajstić information content (AvgIpc) is 3.10. The van der Waals surface area contributed by atoms with E-state index in [-0.39, 0.29) is 11.3 Å². The number of hydrogen-bond donors (Lipinski definition) is 1. The second-order valence-corrected chi connectivity index (χ2v) is 7.50. The molecule has 1 N–H and O–H groups in total. The first kappa shape index (κ1) is 18.1.